The molecule has 1 heterocycles. The second-order valence-corrected chi connectivity index (χ2v) is 6.44. The average molecular weight is 256 g/mol. The second-order valence-electron chi connectivity index (χ2n) is 4.83. The maximum Gasteiger partial charge on any atom is 0.0641 e. The van der Waals surface area contributed by atoms with Gasteiger partial charge in [-0.25, -0.2) is 0 Å². The summed E-state index contributed by atoms with van der Waals surface area (Å²) in [5.74, 6) is 6.59. The summed E-state index contributed by atoms with van der Waals surface area (Å²) in [6.07, 6.45) is 2.92. The van der Waals surface area contributed by atoms with Crippen molar-refractivity contribution in [3.63, 3.8) is 0 Å². The van der Waals surface area contributed by atoms with Crippen LogP contribution in [0.3, 0.4) is 0 Å². The predicted molar refractivity (Wildman–Crippen MR) is 75.0 cm³/mol. The van der Waals surface area contributed by atoms with Crippen LogP contribution in [0, 0.1) is 0 Å². The van der Waals surface area contributed by atoms with Gasteiger partial charge in [0, 0.05) is 30.5 Å². The van der Waals surface area contributed by atoms with E-state index in [1.807, 2.05) is 22.6 Å². The van der Waals surface area contributed by atoms with Crippen LogP contribution in [0.1, 0.15) is 39.4 Å². The number of nitrogens with two attached hydrogens (primary N) is 1. The Morgan fingerprint density at radius 2 is 2.12 bits per heavy atom. The van der Waals surface area contributed by atoms with Gasteiger partial charge in [0.1, 0.15) is 0 Å². The Hall–Kier alpha value is -0.520. The fourth-order valence-corrected chi connectivity index (χ4v) is 2.33. The summed E-state index contributed by atoms with van der Waals surface area (Å²) in [6, 6.07) is 2.78. The molecule has 0 spiro atoms. The molecular formula is C12H24N4S. The van der Waals surface area contributed by atoms with E-state index in [9.17, 15) is 0 Å². The molecule has 5 heteroatoms. The summed E-state index contributed by atoms with van der Waals surface area (Å²) >= 11 is 1.92. The molecule has 17 heavy (non-hydrogen) atoms. The molecule has 1 atom stereocenters. The Kier molecular flexibility index (Phi) is 6.02. The minimum absolute atomic E-state index is 0.290. The lowest BCUT2D eigenvalue weighted by Crippen LogP contribution is -2.39. The monoisotopic (exact) mass is 256 g/mol. The van der Waals surface area contributed by atoms with Crippen molar-refractivity contribution in [2.24, 2.45) is 5.84 Å². The molecule has 0 amide bonds. The summed E-state index contributed by atoms with van der Waals surface area (Å²) < 4.78 is 1.98. The number of rotatable bonds is 7. The molecule has 1 aromatic heterocycles. The van der Waals surface area contributed by atoms with E-state index in [1.165, 1.54) is 0 Å². The standard InChI is InChI=1S/C12H24N4S/c1-9(2)16-6-5-11(15-16)7-12(14-13)8-17-10(3)4/h5-6,9-10,12,14H,7-8,13H2,1-4H3. The van der Waals surface area contributed by atoms with E-state index >= 15 is 0 Å². The number of hydrazine groups is 1. The third kappa shape index (κ3) is 5.10. The molecule has 0 aliphatic carbocycles. The molecule has 0 saturated heterocycles. The first-order chi connectivity index (χ1) is 8.02. The summed E-state index contributed by atoms with van der Waals surface area (Å²) in [5.41, 5.74) is 3.98. The smallest absolute Gasteiger partial charge is 0.0641 e. The highest BCUT2D eigenvalue weighted by Gasteiger charge is 2.11. The zero-order chi connectivity index (χ0) is 12.8. The summed E-state index contributed by atoms with van der Waals surface area (Å²) in [7, 11) is 0. The summed E-state index contributed by atoms with van der Waals surface area (Å²) in [5, 5.41) is 5.17. The van der Waals surface area contributed by atoms with E-state index in [0.29, 0.717) is 11.3 Å². The van der Waals surface area contributed by atoms with Gasteiger partial charge < -0.3 is 0 Å². The van der Waals surface area contributed by atoms with Gasteiger partial charge in [-0.2, -0.15) is 16.9 Å². The first kappa shape index (κ1) is 14.5. The number of nitrogens with zero attached hydrogens (tertiary/aromatic N) is 2. The SMILES string of the molecule is CC(C)SCC(Cc1ccn(C(C)C)n1)NN. The number of aromatic nitrogens is 2. The Morgan fingerprint density at radius 3 is 2.59 bits per heavy atom. The molecule has 98 valence electrons. The minimum atomic E-state index is 0.290. The van der Waals surface area contributed by atoms with Crippen molar-refractivity contribution in [1.29, 1.82) is 0 Å². The zero-order valence-electron chi connectivity index (χ0n) is 11.2. The van der Waals surface area contributed by atoms with Crippen molar-refractivity contribution >= 4 is 11.8 Å². The zero-order valence-corrected chi connectivity index (χ0v) is 12.0. The summed E-state index contributed by atoms with van der Waals surface area (Å²) in [4.78, 5) is 0. The average Bonchev–Trinajstić information content (AvgIpc) is 2.72. The van der Waals surface area contributed by atoms with Crippen LogP contribution in [0.25, 0.3) is 0 Å². The quantitative estimate of drug-likeness (QED) is 0.578. The van der Waals surface area contributed by atoms with Gasteiger partial charge >= 0.3 is 0 Å². The van der Waals surface area contributed by atoms with Crippen molar-refractivity contribution in [2.75, 3.05) is 5.75 Å². The van der Waals surface area contributed by atoms with Gasteiger partial charge in [0.2, 0.25) is 0 Å². The molecule has 0 fully saturated rings. The minimum Gasteiger partial charge on any atom is -0.271 e. The molecule has 4 nitrogen and oxygen atoms in total. The molecule has 0 aliphatic heterocycles. The Labute approximate surface area is 108 Å². The first-order valence-electron chi connectivity index (χ1n) is 6.14. The van der Waals surface area contributed by atoms with Crippen LogP contribution < -0.4 is 11.3 Å². The van der Waals surface area contributed by atoms with Crippen molar-refractivity contribution in [3.8, 4) is 0 Å². The van der Waals surface area contributed by atoms with Crippen molar-refractivity contribution in [3.05, 3.63) is 18.0 Å². The van der Waals surface area contributed by atoms with Crippen LogP contribution in [0.5, 0.6) is 0 Å². The van der Waals surface area contributed by atoms with Crippen LogP contribution in [0.2, 0.25) is 0 Å². The first-order valence-corrected chi connectivity index (χ1v) is 7.19. The van der Waals surface area contributed by atoms with Crippen molar-refractivity contribution in [1.82, 2.24) is 15.2 Å². The van der Waals surface area contributed by atoms with Crippen LogP contribution >= 0.6 is 11.8 Å². The maximum atomic E-state index is 5.58. The van der Waals surface area contributed by atoms with Gasteiger partial charge in [0.05, 0.1) is 5.69 Å². The molecule has 0 saturated carbocycles. The lowest BCUT2D eigenvalue weighted by atomic mass is 10.2. The number of hydrogen-bond acceptors (Lipinski definition) is 4. The van der Waals surface area contributed by atoms with Gasteiger partial charge in [0.15, 0.2) is 0 Å². The van der Waals surface area contributed by atoms with Gasteiger partial charge in [-0.15, -0.1) is 0 Å². The van der Waals surface area contributed by atoms with Crippen molar-refractivity contribution < 1.29 is 0 Å². The van der Waals surface area contributed by atoms with E-state index in [0.717, 1.165) is 17.9 Å². The largest absolute Gasteiger partial charge is 0.271 e. The van der Waals surface area contributed by atoms with Crippen molar-refractivity contribution in [2.45, 2.75) is 51.4 Å². The molecule has 1 aromatic rings. The topological polar surface area (TPSA) is 55.9 Å². The molecule has 1 unspecified atom stereocenters. The van der Waals surface area contributed by atoms with E-state index < -0.39 is 0 Å². The lowest BCUT2D eigenvalue weighted by Gasteiger charge is -2.15. The van der Waals surface area contributed by atoms with E-state index in [-0.39, 0.29) is 6.04 Å². The molecular weight excluding hydrogens is 232 g/mol. The Balaban J connectivity index is 2.49. The third-order valence-corrected chi connectivity index (χ3v) is 3.78. The highest BCUT2D eigenvalue weighted by molar-refractivity contribution is 7.99. The van der Waals surface area contributed by atoms with Gasteiger partial charge in [0.25, 0.3) is 0 Å². The molecule has 0 bridgehead atoms. The normalized spacial score (nSPS) is 13.6. The molecule has 0 aromatic carbocycles. The Morgan fingerprint density at radius 1 is 1.41 bits per heavy atom. The highest BCUT2D eigenvalue weighted by Crippen LogP contribution is 2.13. The molecule has 0 radical (unpaired) electrons. The van der Waals surface area contributed by atoms with E-state index in [1.54, 1.807) is 0 Å². The fourth-order valence-electron chi connectivity index (χ4n) is 1.50. The highest BCUT2D eigenvalue weighted by atomic mass is 32.2. The third-order valence-electron chi connectivity index (χ3n) is 2.51. The van der Waals surface area contributed by atoms with Crippen LogP contribution in [0.4, 0.5) is 0 Å². The molecule has 1 rings (SSSR count). The van der Waals surface area contributed by atoms with Crippen LogP contribution in [0.15, 0.2) is 12.3 Å². The van der Waals surface area contributed by atoms with E-state index in [4.69, 9.17) is 5.84 Å². The predicted octanol–water partition coefficient (Wildman–Crippen LogP) is 1.98. The van der Waals surface area contributed by atoms with Crippen LogP contribution in [-0.4, -0.2) is 26.8 Å². The van der Waals surface area contributed by atoms with Gasteiger partial charge in [-0.05, 0) is 25.2 Å². The van der Waals surface area contributed by atoms with Gasteiger partial charge in [-0.1, -0.05) is 13.8 Å². The number of nitrogens with one attached hydrogen (secondary N) is 1. The molecule has 0 aliphatic rings. The fraction of sp³-hybridized carbons (Fsp3) is 0.750. The van der Waals surface area contributed by atoms with E-state index in [2.05, 4.69) is 44.3 Å². The molecule has 3 N–H and O–H groups in total. The second kappa shape index (κ2) is 7.03. The van der Waals surface area contributed by atoms with Crippen LogP contribution in [-0.2, 0) is 6.42 Å². The number of hydrogen-bond donors (Lipinski definition) is 2. The number of thioether (sulfide) groups is 1. The summed E-state index contributed by atoms with van der Waals surface area (Å²) in [6.45, 7) is 8.66. The Bertz CT molecular complexity index is 322. The lowest BCUT2D eigenvalue weighted by molar-refractivity contribution is 0.513. The van der Waals surface area contributed by atoms with Gasteiger partial charge in [-0.3, -0.25) is 16.0 Å². The maximum absolute atomic E-state index is 5.58.